The van der Waals surface area contributed by atoms with Gasteiger partial charge in [0, 0.05) is 10.7 Å². The molecular formula is C24H22Cl2N2O4S. The minimum absolute atomic E-state index is 0.0284. The van der Waals surface area contributed by atoms with Crippen LogP contribution in [-0.4, -0.2) is 27.5 Å². The number of nitrogens with zero attached hydrogens (tertiary/aromatic N) is 1. The summed E-state index contributed by atoms with van der Waals surface area (Å²) in [6.45, 7) is 5.29. The highest BCUT2D eigenvalue weighted by atomic mass is 35.5. The number of carbonyl (C=O) groups excluding carboxylic acids is 1. The predicted molar refractivity (Wildman–Crippen MR) is 133 cm³/mol. The van der Waals surface area contributed by atoms with E-state index >= 15 is 0 Å². The molecule has 3 rings (SSSR count). The molecule has 0 aliphatic rings. The third-order valence-electron chi connectivity index (χ3n) is 4.58. The van der Waals surface area contributed by atoms with Crippen LogP contribution in [0.3, 0.4) is 0 Å². The molecule has 0 aromatic heterocycles. The standard InChI is InChI=1S/C24H22Cl2N2O4S/c1-3-14-32-20-9-7-19(8-10-20)27-24(29)16-28(23-15-18(25)6-13-22(23)26)33(30,31)21-11-4-17(2)5-12-21/h3-13,15H,1,14,16H2,2H3,(H,27,29). The second-order valence-electron chi connectivity index (χ2n) is 7.09. The average Bonchev–Trinajstić information content (AvgIpc) is 2.79. The van der Waals surface area contributed by atoms with E-state index in [9.17, 15) is 13.2 Å². The minimum Gasteiger partial charge on any atom is -0.490 e. The Hall–Kier alpha value is -3.00. The fraction of sp³-hybridized carbons (Fsp3) is 0.125. The zero-order valence-electron chi connectivity index (χ0n) is 17.8. The molecule has 1 N–H and O–H groups in total. The molecule has 6 nitrogen and oxygen atoms in total. The highest BCUT2D eigenvalue weighted by Gasteiger charge is 2.29. The van der Waals surface area contributed by atoms with Crippen LogP contribution in [0.2, 0.25) is 10.0 Å². The molecule has 0 heterocycles. The molecule has 0 atom stereocenters. The Morgan fingerprint density at radius 3 is 2.36 bits per heavy atom. The van der Waals surface area contributed by atoms with Crippen molar-refractivity contribution in [3.05, 3.63) is 95.0 Å². The number of aryl methyl sites for hydroxylation is 1. The Labute approximate surface area is 203 Å². The van der Waals surface area contributed by atoms with Gasteiger partial charge in [-0.15, -0.1) is 0 Å². The van der Waals surface area contributed by atoms with Crippen LogP contribution in [0.15, 0.2) is 84.3 Å². The Kier molecular flexibility index (Phi) is 8.02. The van der Waals surface area contributed by atoms with E-state index in [2.05, 4.69) is 11.9 Å². The number of hydrogen-bond donors (Lipinski definition) is 1. The van der Waals surface area contributed by atoms with Gasteiger partial charge in [0.15, 0.2) is 0 Å². The maximum absolute atomic E-state index is 13.5. The number of sulfonamides is 1. The Balaban J connectivity index is 1.89. The summed E-state index contributed by atoms with van der Waals surface area (Å²) in [6, 6.07) is 17.4. The first kappa shape index (κ1) is 24.6. The maximum atomic E-state index is 13.5. The lowest BCUT2D eigenvalue weighted by Gasteiger charge is -2.25. The normalized spacial score (nSPS) is 11.0. The van der Waals surface area contributed by atoms with E-state index in [4.69, 9.17) is 27.9 Å². The topological polar surface area (TPSA) is 75.7 Å². The van der Waals surface area contributed by atoms with Crippen LogP contribution >= 0.6 is 23.2 Å². The molecule has 3 aromatic rings. The molecule has 0 saturated heterocycles. The van der Waals surface area contributed by atoms with Crippen molar-refractivity contribution in [2.75, 3.05) is 22.8 Å². The fourth-order valence-electron chi connectivity index (χ4n) is 2.93. The lowest BCUT2D eigenvalue weighted by Crippen LogP contribution is -2.38. The van der Waals surface area contributed by atoms with Crippen molar-refractivity contribution in [2.45, 2.75) is 11.8 Å². The number of benzene rings is 3. The van der Waals surface area contributed by atoms with Crippen LogP contribution in [-0.2, 0) is 14.8 Å². The molecule has 33 heavy (non-hydrogen) atoms. The second kappa shape index (κ2) is 10.7. The fourth-order valence-corrected chi connectivity index (χ4v) is 4.80. The summed E-state index contributed by atoms with van der Waals surface area (Å²) >= 11 is 12.4. The molecule has 0 aliphatic heterocycles. The lowest BCUT2D eigenvalue weighted by atomic mass is 10.2. The van der Waals surface area contributed by atoms with Crippen LogP contribution in [0.4, 0.5) is 11.4 Å². The molecule has 0 fully saturated rings. The van der Waals surface area contributed by atoms with Crippen molar-refractivity contribution in [1.82, 2.24) is 0 Å². The van der Waals surface area contributed by atoms with Gasteiger partial charge in [0.2, 0.25) is 5.91 Å². The highest BCUT2D eigenvalue weighted by Crippen LogP contribution is 2.33. The SMILES string of the molecule is C=CCOc1ccc(NC(=O)CN(c2cc(Cl)ccc2Cl)S(=O)(=O)c2ccc(C)cc2)cc1. The van der Waals surface area contributed by atoms with E-state index in [1.807, 2.05) is 6.92 Å². The number of anilines is 2. The summed E-state index contributed by atoms with van der Waals surface area (Å²) in [5, 5.41) is 3.13. The van der Waals surface area contributed by atoms with E-state index in [1.165, 1.54) is 24.3 Å². The molecule has 0 spiro atoms. The smallest absolute Gasteiger partial charge is 0.264 e. The van der Waals surface area contributed by atoms with Crippen molar-refractivity contribution < 1.29 is 17.9 Å². The summed E-state index contributed by atoms with van der Waals surface area (Å²) in [5.41, 5.74) is 1.49. The molecule has 0 saturated carbocycles. The van der Waals surface area contributed by atoms with Crippen molar-refractivity contribution in [3.8, 4) is 5.75 Å². The molecule has 0 unspecified atom stereocenters. The van der Waals surface area contributed by atoms with Crippen molar-refractivity contribution in [3.63, 3.8) is 0 Å². The van der Waals surface area contributed by atoms with Gasteiger partial charge in [0.05, 0.1) is 15.6 Å². The van der Waals surface area contributed by atoms with Crippen LogP contribution in [0.5, 0.6) is 5.75 Å². The molecule has 9 heteroatoms. The molecule has 3 aromatic carbocycles. The first-order chi connectivity index (χ1) is 15.7. The van der Waals surface area contributed by atoms with Gasteiger partial charge < -0.3 is 10.1 Å². The van der Waals surface area contributed by atoms with Crippen LogP contribution in [0.1, 0.15) is 5.56 Å². The molecule has 1 amide bonds. The summed E-state index contributed by atoms with van der Waals surface area (Å²) < 4.78 is 33.3. The van der Waals surface area contributed by atoms with Gasteiger partial charge in [0.25, 0.3) is 10.0 Å². The number of ether oxygens (including phenoxy) is 1. The number of hydrogen-bond acceptors (Lipinski definition) is 4. The quantitative estimate of drug-likeness (QED) is 0.379. The Morgan fingerprint density at radius 1 is 1.06 bits per heavy atom. The van der Waals surface area contributed by atoms with Crippen LogP contribution in [0.25, 0.3) is 0 Å². The second-order valence-corrected chi connectivity index (χ2v) is 9.80. The number of rotatable bonds is 9. The lowest BCUT2D eigenvalue weighted by molar-refractivity contribution is -0.114. The molecule has 0 aliphatic carbocycles. The number of carbonyl (C=O) groups is 1. The summed E-state index contributed by atoms with van der Waals surface area (Å²) in [5.74, 6) is 0.0590. The van der Waals surface area contributed by atoms with Crippen molar-refractivity contribution in [1.29, 1.82) is 0 Å². The molecule has 0 bridgehead atoms. The van der Waals surface area contributed by atoms with Crippen molar-refractivity contribution >= 4 is 50.5 Å². The summed E-state index contributed by atoms with van der Waals surface area (Å²) in [6.07, 6.45) is 1.62. The van der Waals surface area contributed by atoms with E-state index in [-0.39, 0.29) is 20.6 Å². The van der Waals surface area contributed by atoms with Crippen molar-refractivity contribution in [2.24, 2.45) is 0 Å². The monoisotopic (exact) mass is 504 g/mol. The van der Waals surface area contributed by atoms with Gasteiger partial charge >= 0.3 is 0 Å². The van der Waals surface area contributed by atoms with Gasteiger partial charge in [-0.25, -0.2) is 8.42 Å². The maximum Gasteiger partial charge on any atom is 0.264 e. The molecule has 0 radical (unpaired) electrons. The zero-order valence-corrected chi connectivity index (χ0v) is 20.1. The van der Waals surface area contributed by atoms with Crippen LogP contribution in [0, 0.1) is 6.92 Å². The van der Waals surface area contributed by atoms with Crippen LogP contribution < -0.4 is 14.4 Å². The van der Waals surface area contributed by atoms with Gasteiger partial charge in [-0.1, -0.05) is 53.6 Å². The predicted octanol–water partition coefficient (Wildman–Crippen LogP) is 5.70. The van der Waals surface area contributed by atoms with E-state index < -0.39 is 22.5 Å². The Morgan fingerprint density at radius 2 is 1.73 bits per heavy atom. The average molecular weight is 505 g/mol. The third-order valence-corrected chi connectivity index (χ3v) is 6.91. The van der Waals surface area contributed by atoms with Gasteiger partial charge in [0.1, 0.15) is 18.9 Å². The van der Waals surface area contributed by atoms with E-state index in [0.29, 0.717) is 18.0 Å². The molecule has 172 valence electrons. The highest BCUT2D eigenvalue weighted by molar-refractivity contribution is 7.92. The summed E-state index contributed by atoms with van der Waals surface area (Å²) in [4.78, 5) is 12.9. The summed E-state index contributed by atoms with van der Waals surface area (Å²) in [7, 11) is -4.11. The number of halogens is 2. The van der Waals surface area contributed by atoms with E-state index in [0.717, 1.165) is 9.87 Å². The number of amides is 1. The van der Waals surface area contributed by atoms with Gasteiger partial charge in [-0.3, -0.25) is 9.10 Å². The first-order valence-electron chi connectivity index (χ1n) is 9.89. The zero-order chi connectivity index (χ0) is 24.0. The van der Waals surface area contributed by atoms with E-state index in [1.54, 1.807) is 48.5 Å². The minimum atomic E-state index is -4.11. The van der Waals surface area contributed by atoms with Gasteiger partial charge in [-0.2, -0.15) is 0 Å². The largest absolute Gasteiger partial charge is 0.490 e. The third kappa shape index (κ3) is 6.28. The first-order valence-corrected chi connectivity index (χ1v) is 12.1. The Bertz CT molecular complexity index is 1240. The van der Waals surface area contributed by atoms with Gasteiger partial charge in [-0.05, 0) is 61.5 Å². The molecular weight excluding hydrogens is 483 g/mol. The number of nitrogens with one attached hydrogen (secondary N) is 1.